The first-order valence-electron chi connectivity index (χ1n) is 3.51. The predicted octanol–water partition coefficient (Wildman–Crippen LogP) is -0.0788. The third kappa shape index (κ3) is 2.94. The Kier molecular flexibility index (Phi) is 4.23. The number of aliphatic hydroxyl groups excluding tert-OH is 1. The molecule has 0 aliphatic heterocycles. The summed E-state index contributed by atoms with van der Waals surface area (Å²) in [5.74, 6) is -0.216. The lowest BCUT2D eigenvalue weighted by atomic mass is 10.0. The molecule has 0 fully saturated rings. The van der Waals surface area contributed by atoms with Crippen LogP contribution in [0.5, 0.6) is 0 Å². The SMILES string of the molecule is CC(C)C(=O)[C@H](O)CCN. The first-order chi connectivity index (χ1) is 4.59. The number of hydrogen-bond acceptors (Lipinski definition) is 3. The average molecular weight is 145 g/mol. The number of aliphatic hydroxyl groups is 1. The van der Waals surface area contributed by atoms with E-state index in [0.717, 1.165) is 0 Å². The second kappa shape index (κ2) is 4.41. The van der Waals surface area contributed by atoms with Crippen LogP contribution in [-0.4, -0.2) is 23.5 Å². The fourth-order valence-electron chi connectivity index (χ4n) is 0.685. The monoisotopic (exact) mass is 145 g/mol. The summed E-state index contributed by atoms with van der Waals surface area (Å²) in [6.45, 7) is 3.89. The molecular weight excluding hydrogens is 130 g/mol. The van der Waals surface area contributed by atoms with Gasteiger partial charge in [-0.25, -0.2) is 0 Å². The van der Waals surface area contributed by atoms with E-state index >= 15 is 0 Å². The summed E-state index contributed by atoms with van der Waals surface area (Å²) in [6.07, 6.45) is -0.484. The van der Waals surface area contributed by atoms with E-state index in [-0.39, 0.29) is 11.7 Å². The van der Waals surface area contributed by atoms with Gasteiger partial charge in [0.2, 0.25) is 0 Å². The van der Waals surface area contributed by atoms with Gasteiger partial charge in [0.25, 0.3) is 0 Å². The summed E-state index contributed by atoms with van der Waals surface area (Å²) in [5.41, 5.74) is 5.16. The van der Waals surface area contributed by atoms with Gasteiger partial charge in [0.1, 0.15) is 6.10 Å². The third-order valence-corrected chi connectivity index (χ3v) is 1.34. The highest BCUT2D eigenvalue weighted by Gasteiger charge is 2.16. The maximum Gasteiger partial charge on any atom is 0.163 e. The fourth-order valence-corrected chi connectivity index (χ4v) is 0.685. The van der Waals surface area contributed by atoms with Crippen LogP contribution >= 0.6 is 0 Å². The molecule has 0 bridgehead atoms. The summed E-state index contributed by atoms with van der Waals surface area (Å²) in [5, 5.41) is 9.06. The Bertz CT molecular complexity index is 112. The molecule has 0 radical (unpaired) electrons. The normalized spacial score (nSPS) is 13.7. The van der Waals surface area contributed by atoms with Crippen LogP contribution in [0.25, 0.3) is 0 Å². The van der Waals surface area contributed by atoms with E-state index in [1.165, 1.54) is 0 Å². The molecule has 0 saturated carbocycles. The van der Waals surface area contributed by atoms with Gasteiger partial charge in [0.05, 0.1) is 0 Å². The van der Waals surface area contributed by atoms with E-state index in [2.05, 4.69) is 0 Å². The Morgan fingerprint density at radius 3 is 2.40 bits per heavy atom. The van der Waals surface area contributed by atoms with Gasteiger partial charge in [-0.05, 0) is 13.0 Å². The second-order valence-electron chi connectivity index (χ2n) is 2.65. The van der Waals surface area contributed by atoms with Crippen molar-refractivity contribution >= 4 is 5.78 Å². The van der Waals surface area contributed by atoms with Gasteiger partial charge in [-0.1, -0.05) is 13.8 Å². The van der Waals surface area contributed by atoms with E-state index in [1.807, 2.05) is 0 Å². The molecule has 0 aliphatic carbocycles. The quantitative estimate of drug-likeness (QED) is 0.581. The number of Topliss-reactive ketones (excluding diaryl/α,β-unsaturated/α-hetero) is 1. The third-order valence-electron chi connectivity index (χ3n) is 1.34. The Hall–Kier alpha value is -0.410. The second-order valence-corrected chi connectivity index (χ2v) is 2.65. The van der Waals surface area contributed by atoms with Gasteiger partial charge in [-0.15, -0.1) is 0 Å². The molecule has 0 aromatic rings. The molecule has 0 amide bonds. The highest BCUT2D eigenvalue weighted by Crippen LogP contribution is 2.01. The van der Waals surface area contributed by atoms with Gasteiger partial charge in [0, 0.05) is 5.92 Å². The molecule has 0 aromatic carbocycles. The van der Waals surface area contributed by atoms with E-state index in [0.29, 0.717) is 13.0 Å². The molecule has 10 heavy (non-hydrogen) atoms. The largest absolute Gasteiger partial charge is 0.385 e. The molecule has 60 valence electrons. The number of ketones is 1. The van der Waals surface area contributed by atoms with Crippen LogP contribution in [0.15, 0.2) is 0 Å². The molecule has 0 unspecified atom stereocenters. The van der Waals surface area contributed by atoms with Crippen LogP contribution in [0.2, 0.25) is 0 Å². The van der Waals surface area contributed by atoms with Crippen molar-refractivity contribution in [3.63, 3.8) is 0 Å². The fraction of sp³-hybridized carbons (Fsp3) is 0.857. The van der Waals surface area contributed by atoms with Crippen LogP contribution in [0.4, 0.5) is 0 Å². The van der Waals surface area contributed by atoms with Crippen molar-refractivity contribution in [2.45, 2.75) is 26.4 Å². The molecule has 0 heterocycles. The van der Waals surface area contributed by atoms with E-state index in [4.69, 9.17) is 10.8 Å². The van der Waals surface area contributed by atoms with E-state index in [9.17, 15) is 4.79 Å². The summed E-state index contributed by atoms with van der Waals surface area (Å²) in [4.78, 5) is 10.9. The zero-order valence-electron chi connectivity index (χ0n) is 6.50. The lowest BCUT2D eigenvalue weighted by molar-refractivity contribution is -0.130. The number of nitrogens with two attached hydrogens (primary N) is 1. The van der Waals surface area contributed by atoms with Crippen LogP contribution in [-0.2, 0) is 4.79 Å². The summed E-state index contributed by atoms with van der Waals surface area (Å²) < 4.78 is 0. The first kappa shape index (κ1) is 9.59. The number of carbonyl (C=O) groups is 1. The van der Waals surface area contributed by atoms with Gasteiger partial charge in [-0.3, -0.25) is 4.79 Å². The molecular formula is C7H15NO2. The van der Waals surface area contributed by atoms with Crippen molar-refractivity contribution in [2.75, 3.05) is 6.54 Å². The Balaban J connectivity index is 3.71. The molecule has 0 saturated heterocycles. The molecule has 3 nitrogen and oxygen atoms in total. The maximum absolute atomic E-state index is 10.9. The Morgan fingerprint density at radius 1 is 1.60 bits per heavy atom. The zero-order chi connectivity index (χ0) is 8.15. The van der Waals surface area contributed by atoms with Crippen molar-refractivity contribution in [3.05, 3.63) is 0 Å². The van der Waals surface area contributed by atoms with Crippen LogP contribution < -0.4 is 5.73 Å². The number of rotatable bonds is 4. The molecule has 1 atom stereocenters. The molecule has 0 rings (SSSR count). The lowest BCUT2D eigenvalue weighted by Crippen LogP contribution is -2.27. The van der Waals surface area contributed by atoms with E-state index < -0.39 is 6.10 Å². The Labute approximate surface area is 61.2 Å². The topological polar surface area (TPSA) is 63.3 Å². The minimum Gasteiger partial charge on any atom is -0.385 e. The minimum absolute atomic E-state index is 0.0958. The smallest absolute Gasteiger partial charge is 0.163 e. The first-order valence-corrected chi connectivity index (χ1v) is 3.51. The van der Waals surface area contributed by atoms with E-state index in [1.54, 1.807) is 13.8 Å². The van der Waals surface area contributed by atoms with Crippen molar-refractivity contribution < 1.29 is 9.90 Å². The molecule has 0 aliphatic rings. The Morgan fingerprint density at radius 2 is 2.10 bits per heavy atom. The van der Waals surface area contributed by atoms with Gasteiger partial charge in [-0.2, -0.15) is 0 Å². The van der Waals surface area contributed by atoms with Gasteiger partial charge < -0.3 is 10.8 Å². The molecule has 0 spiro atoms. The van der Waals surface area contributed by atoms with Crippen molar-refractivity contribution in [2.24, 2.45) is 11.7 Å². The highest BCUT2D eigenvalue weighted by molar-refractivity contribution is 5.84. The van der Waals surface area contributed by atoms with Crippen LogP contribution in [0.1, 0.15) is 20.3 Å². The van der Waals surface area contributed by atoms with Crippen LogP contribution in [0.3, 0.4) is 0 Å². The predicted molar refractivity (Wildman–Crippen MR) is 39.5 cm³/mol. The summed E-state index contributed by atoms with van der Waals surface area (Å²) in [7, 11) is 0. The molecule has 0 aromatic heterocycles. The van der Waals surface area contributed by atoms with Crippen molar-refractivity contribution in [1.29, 1.82) is 0 Å². The zero-order valence-corrected chi connectivity index (χ0v) is 6.50. The lowest BCUT2D eigenvalue weighted by Gasteiger charge is -2.09. The maximum atomic E-state index is 10.9. The van der Waals surface area contributed by atoms with Gasteiger partial charge >= 0.3 is 0 Å². The molecule has 3 N–H and O–H groups in total. The number of carbonyl (C=O) groups excluding carboxylic acids is 1. The molecule has 3 heteroatoms. The summed E-state index contributed by atoms with van der Waals surface area (Å²) in [6, 6.07) is 0. The summed E-state index contributed by atoms with van der Waals surface area (Å²) >= 11 is 0. The highest BCUT2D eigenvalue weighted by atomic mass is 16.3. The van der Waals surface area contributed by atoms with Crippen molar-refractivity contribution in [1.82, 2.24) is 0 Å². The number of hydrogen-bond donors (Lipinski definition) is 2. The van der Waals surface area contributed by atoms with Crippen LogP contribution in [0, 0.1) is 5.92 Å². The average Bonchev–Trinajstić information content (AvgIpc) is 1.87. The standard InChI is InChI=1S/C7H15NO2/c1-5(2)7(10)6(9)3-4-8/h5-6,9H,3-4,8H2,1-2H3/t6-/m1/s1. The van der Waals surface area contributed by atoms with Gasteiger partial charge in [0.15, 0.2) is 5.78 Å². The van der Waals surface area contributed by atoms with Crippen molar-refractivity contribution in [3.8, 4) is 0 Å². The minimum atomic E-state index is -0.856.